The average Bonchev–Trinajstić information content (AvgIpc) is 3.00. The number of aromatic nitrogens is 2. The first-order valence-corrected chi connectivity index (χ1v) is 17.3. The van der Waals surface area contributed by atoms with Gasteiger partial charge in [0.15, 0.2) is 11.6 Å². The van der Waals surface area contributed by atoms with Gasteiger partial charge in [0.25, 0.3) is 22.5 Å². The van der Waals surface area contributed by atoms with Crippen LogP contribution in [0, 0.1) is 11.2 Å². The normalized spacial score (nSPS) is 21.8. The molecule has 1 N–H and O–H groups in total. The van der Waals surface area contributed by atoms with Crippen LogP contribution >= 0.6 is 0 Å². The summed E-state index contributed by atoms with van der Waals surface area (Å²) in [6.07, 6.45) is 3.72. The number of nitrogens with one attached hydrogen (secondary N) is 1. The second-order valence-corrected chi connectivity index (χ2v) is 15.1. The van der Waals surface area contributed by atoms with Crippen LogP contribution in [0.15, 0.2) is 30.7 Å². The number of hydrogen-bond acceptors (Lipinski definition) is 9. The van der Waals surface area contributed by atoms with Crippen molar-refractivity contribution < 1.29 is 35.9 Å². The second-order valence-electron chi connectivity index (χ2n) is 13.2. The van der Waals surface area contributed by atoms with Gasteiger partial charge in [-0.3, -0.25) is 4.79 Å². The summed E-state index contributed by atoms with van der Waals surface area (Å²) in [6, 6.07) is 2.70. The number of ether oxygens (including phenoxy) is 2. The number of halogens is 3. The molecule has 1 amide bonds. The minimum atomic E-state index is -3.49. The summed E-state index contributed by atoms with van der Waals surface area (Å²) >= 11 is 0. The molecule has 0 unspecified atom stereocenters. The number of piperidine rings is 1. The first-order chi connectivity index (χ1) is 22.2. The lowest BCUT2D eigenvalue weighted by Gasteiger charge is -2.54. The summed E-state index contributed by atoms with van der Waals surface area (Å²) in [5.41, 5.74) is -0.0416. The molecule has 16 heteroatoms. The molecule has 3 aliphatic rings. The van der Waals surface area contributed by atoms with Crippen LogP contribution in [0.2, 0.25) is 0 Å². The monoisotopic (exact) mass is 683 g/mol. The summed E-state index contributed by atoms with van der Waals surface area (Å²) < 4.78 is 80.9. The molecule has 0 bridgehead atoms. The Morgan fingerprint density at radius 2 is 1.89 bits per heavy atom. The maximum Gasteiger partial charge on any atom is 0.279 e. The van der Waals surface area contributed by atoms with Crippen molar-refractivity contribution in [2.24, 2.45) is 5.41 Å². The lowest BCUT2D eigenvalue weighted by atomic mass is 9.72. The molecule has 1 spiro atoms. The number of carbonyl (C=O) groups is 1. The third-order valence-corrected chi connectivity index (χ3v) is 10.8. The van der Waals surface area contributed by atoms with Gasteiger partial charge in [-0.15, -0.1) is 0 Å². The average molecular weight is 684 g/mol. The van der Waals surface area contributed by atoms with Crippen molar-refractivity contribution in [2.75, 3.05) is 64.9 Å². The van der Waals surface area contributed by atoms with E-state index in [1.165, 1.54) is 32.7 Å². The Kier molecular flexibility index (Phi) is 11.0. The van der Waals surface area contributed by atoms with Crippen molar-refractivity contribution in [1.29, 1.82) is 0 Å². The van der Waals surface area contributed by atoms with Crippen LogP contribution in [0.1, 0.15) is 49.9 Å². The SMILES string of the molecule is CC(C)N(CC(F)F)C(=O)c1cc(F)ccc1Oc1cncnc1N1CC2(CCN(C[C@@H]3CC[C@@H](NS(=O)(=O)N(C)C)CO3)CC2)C1. The zero-order valence-electron chi connectivity index (χ0n) is 27.2. The molecule has 4 heterocycles. The molecule has 47 heavy (non-hydrogen) atoms. The van der Waals surface area contributed by atoms with Gasteiger partial charge in [0, 0.05) is 51.2 Å². The van der Waals surface area contributed by atoms with E-state index in [0.29, 0.717) is 12.4 Å². The summed E-state index contributed by atoms with van der Waals surface area (Å²) in [7, 11) is -0.497. The second kappa shape index (κ2) is 14.6. The Morgan fingerprint density at radius 1 is 1.17 bits per heavy atom. The standard InChI is InChI=1S/C31H44F3N7O5S/c1-21(2)41(16-28(33)34)30(42)25-13-22(32)5-8-26(25)46-27-14-35-20-36-29(27)40-18-31(19-40)9-11-39(12-10-31)15-24-7-6-23(17-45-24)37-47(43,44)38(3)4/h5,8,13-14,20-21,23-24,28,37H,6-7,9-12,15-19H2,1-4H3/t23-,24+/m1/s1. The van der Waals surface area contributed by atoms with Crippen LogP contribution in [-0.4, -0.2) is 123 Å². The molecule has 260 valence electrons. The molecule has 3 aliphatic heterocycles. The summed E-state index contributed by atoms with van der Waals surface area (Å²) in [4.78, 5) is 27.3. The molecule has 5 rings (SSSR count). The van der Waals surface area contributed by atoms with Crippen LogP contribution in [0.4, 0.5) is 19.0 Å². The van der Waals surface area contributed by atoms with E-state index in [1.54, 1.807) is 13.8 Å². The largest absolute Gasteiger partial charge is 0.451 e. The van der Waals surface area contributed by atoms with E-state index in [1.807, 2.05) is 0 Å². The molecule has 2 atom stereocenters. The maximum absolute atomic E-state index is 14.3. The van der Waals surface area contributed by atoms with Crippen molar-refractivity contribution in [1.82, 2.24) is 28.8 Å². The topological polar surface area (TPSA) is 120 Å². The van der Waals surface area contributed by atoms with Crippen LogP contribution in [0.5, 0.6) is 11.5 Å². The van der Waals surface area contributed by atoms with E-state index in [4.69, 9.17) is 9.47 Å². The minimum absolute atomic E-state index is 0.0299. The van der Waals surface area contributed by atoms with Gasteiger partial charge in [-0.2, -0.15) is 17.4 Å². The number of likely N-dealkylation sites (tertiary alicyclic amines) is 1. The zero-order chi connectivity index (χ0) is 33.9. The number of hydrogen-bond donors (Lipinski definition) is 1. The number of anilines is 1. The van der Waals surface area contributed by atoms with Gasteiger partial charge < -0.3 is 24.2 Å². The molecule has 1 aromatic heterocycles. The molecule has 2 aromatic rings. The number of amides is 1. The molecule has 3 fully saturated rings. The third kappa shape index (κ3) is 8.52. The molecule has 0 radical (unpaired) electrons. The van der Waals surface area contributed by atoms with Crippen LogP contribution in [0.3, 0.4) is 0 Å². The van der Waals surface area contributed by atoms with E-state index in [0.717, 1.165) is 79.7 Å². The highest BCUT2D eigenvalue weighted by Gasteiger charge is 2.46. The highest BCUT2D eigenvalue weighted by molar-refractivity contribution is 7.87. The lowest BCUT2D eigenvalue weighted by molar-refractivity contribution is -0.0300. The fourth-order valence-electron chi connectivity index (χ4n) is 6.41. The fourth-order valence-corrected chi connectivity index (χ4v) is 7.23. The Bertz CT molecular complexity index is 1490. The molecule has 12 nitrogen and oxygen atoms in total. The Morgan fingerprint density at radius 3 is 2.51 bits per heavy atom. The van der Waals surface area contributed by atoms with Gasteiger partial charge in [0.05, 0.1) is 31.0 Å². The lowest BCUT2D eigenvalue weighted by Crippen LogP contribution is -2.61. The van der Waals surface area contributed by atoms with Gasteiger partial charge in [0.1, 0.15) is 17.9 Å². The fraction of sp³-hybridized carbons (Fsp3) is 0.645. The van der Waals surface area contributed by atoms with Crippen molar-refractivity contribution in [3.63, 3.8) is 0 Å². The molecular weight excluding hydrogens is 639 g/mol. The molecule has 1 aromatic carbocycles. The van der Waals surface area contributed by atoms with E-state index >= 15 is 0 Å². The quantitative estimate of drug-likeness (QED) is 0.359. The highest BCUT2D eigenvalue weighted by atomic mass is 32.2. The van der Waals surface area contributed by atoms with Crippen molar-refractivity contribution >= 4 is 21.9 Å². The molecule has 0 saturated carbocycles. The van der Waals surface area contributed by atoms with Crippen LogP contribution in [0.25, 0.3) is 0 Å². The Hall–Kier alpha value is -3.05. The predicted molar refractivity (Wildman–Crippen MR) is 170 cm³/mol. The van der Waals surface area contributed by atoms with Crippen molar-refractivity contribution in [2.45, 2.75) is 64.1 Å². The van der Waals surface area contributed by atoms with Crippen molar-refractivity contribution in [3.8, 4) is 11.5 Å². The van der Waals surface area contributed by atoms with Crippen LogP contribution in [-0.2, 0) is 14.9 Å². The first-order valence-electron chi connectivity index (χ1n) is 15.9. The molecule has 0 aliphatic carbocycles. The van der Waals surface area contributed by atoms with Gasteiger partial charge in [-0.05, 0) is 70.8 Å². The third-order valence-electron chi connectivity index (χ3n) is 9.17. The van der Waals surface area contributed by atoms with Gasteiger partial charge in [-0.25, -0.2) is 23.1 Å². The van der Waals surface area contributed by atoms with Gasteiger partial charge in [-0.1, -0.05) is 0 Å². The van der Waals surface area contributed by atoms with E-state index in [-0.39, 0.29) is 34.6 Å². The van der Waals surface area contributed by atoms with E-state index in [2.05, 4.69) is 24.5 Å². The Balaban J connectivity index is 1.16. The summed E-state index contributed by atoms with van der Waals surface area (Å²) in [5.74, 6) is -0.587. The minimum Gasteiger partial charge on any atom is -0.451 e. The Labute approximate surface area is 274 Å². The number of alkyl halides is 2. The summed E-state index contributed by atoms with van der Waals surface area (Å²) in [6.45, 7) is 6.97. The molecular formula is C31H44F3N7O5S. The van der Waals surface area contributed by atoms with Crippen LogP contribution < -0.4 is 14.4 Å². The zero-order valence-corrected chi connectivity index (χ0v) is 28.1. The maximum atomic E-state index is 14.3. The van der Waals surface area contributed by atoms with Gasteiger partial charge >= 0.3 is 0 Å². The first kappa shape index (κ1) is 35.3. The number of rotatable bonds is 12. The number of nitrogens with zero attached hydrogens (tertiary/aromatic N) is 6. The predicted octanol–water partition coefficient (Wildman–Crippen LogP) is 3.37. The summed E-state index contributed by atoms with van der Waals surface area (Å²) in [5, 5.41) is 0. The number of carbonyl (C=O) groups excluding carboxylic acids is 1. The smallest absolute Gasteiger partial charge is 0.279 e. The van der Waals surface area contributed by atoms with Gasteiger partial charge in [0.2, 0.25) is 0 Å². The highest BCUT2D eigenvalue weighted by Crippen LogP contribution is 2.45. The van der Waals surface area contributed by atoms with E-state index in [9.17, 15) is 26.4 Å². The number of benzene rings is 1. The molecule has 3 saturated heterocycles. The van der Waals surface area contributed by atoms with Crippen molar-refractivity contribution in [3.05, 3.63) is 42.1 Å². The van der Waals surface area contributed by atoms with E-state index < -0.39 is 40.9 Å².